The molecule has 0 aliphatic heterocycles. The van der Waals surface area contributed by atoms with Gasteiger partial charge in [0.25, 0.3) is 5.89 Å². The van der Waals surface area contributed by atoms with Crippen molar-refractivity contribution in [1.82, 2.24) is 25.3 Å². The number of hydrogen-bond acceptors (Lipinski definition) is 6. The third-order valence-corrected chi connectivity index (χ3v) is 2.33. The van der Waals surface area contributed by atoms with Crippen LogP contribution in [-0.2, 0) is 0 Å². The zero-order valence-corrected chi connectivity index (χ0v) is 9.03. The van der Waals surface area contributed by atoms with Gasteiger partial charge < -0.3 is 4.52 Å². The highest BCUT2D eigenvalue weighted by Gasteiger charge is 2.15. The van der Waals surface area contributed by atoms with E-state index in [4.69, 9.17) is 9.78 Å². The molecular weight excluding hydrogens is 232 g/mol. The van der Waals surface area contributed by atoms with Crippen molar-refractivity contribution in [2.45, 2.75) is 0 Å². The minimum absolute atomic E-state index is 0.249. The minimum atomic E-state index is 0.249. The number of hydrogen-bond donors (Lipinski definition) is 1. The largest absolute Gasteiger partial charge is 0.333 e. The highest BCUT2D eigenvalue weighted by molar-refractivity contribution is 5.62. The zero-order valence-electron chi connectivity index (χ0n) is 9.03. The summed E-state index contributed by atoms with van der Waals surface area (Å²) >= 11 is 0. The highest BCUT2D eigenvalue weighted by Crippen LogP contribution is 2.22. The van der Waals surface area contributed by atoms with Crippen LogP contribution >= 0.6 is 0 Å². The van der Waals surface area contributed by atoms with E-state index in [1.54, 1.807) is 18.5 Å². The van der Waals surface area contributed by atoms with Crippen LogP contribution in [0, 0.1) is 11.3 Å². The molecule has 0 spiro atoms. The van der Waals surface area contributed by atoms with Crippen molar-refractivity contribution in [2.24, 2.45) is 0 Å². The van der Waals surface area contributed by atoms with E-state index in [9.17, 15) is 0 Å². The summed E-state index contributed by atoms with van der Waals surface area (Å²) in [6, 6.07) is 5.57. The van der Waals surface area contributed by atoms with E-state index in [0.717, 1.165) is 5.56 Å². The van der Waals surface area contributed by atoms with Crippen LogP contribution in [-0.4, -0.2) is 25.3 Å². The lowest BCUT2D eigenvalue weighted by atomic mass is 10.2. The summed E-state index contributed by atoms with van der Waals surface area (Å²) in [5.41, 5.74) is 1.52. The molecule has 0 bridgehead atoms. The maximum absolute atomic E-state index is 8.87. The molecule has 3 heterocycles. The molecule has 86 valence electrons. The second kappa shape index (κ2) is 4.10. The molecule has 0 amide bonds. The number of nitrogens with zero attached hydrogens (tertiary/aromatic N) is 5. The van der Waals surface area contributed by atoms with Crippen LogP contribution in [0.4, 0.5) is 0 Å². The van der Waals surface area contributed by atoms with Crippen molar-refractivity contribution >= 4 is 0 Å². The summed E-state index contributed by atoms with van der Waals surface area (Å²) in [7, 11) is 0. The SMILES string of the molecule is N#Cc1[nH]ncc1-c1nc(-c2cccnc2)no1. The lowest BCUT2D eigenvalue weighted by Crippen LogP contribution is -1.83. The Morgan fingerprint density at radius 3 is 3.06 bits per heavy atom. The number of rotatable bonds is 2. The Balaban J connectivity index is 2.03. The Morgan fingerprint density at radius 2 is 2.28 bits per heavy atom. The first-order valence-electron chi connectivity index (χ1n) is 5.06. The number of pyridine rings is 1. The van der Waals surface area contributed by atoms with Gasteiger partial charge in [-0.25, -0.2) is 0 Å². The maximum atomic E-state index is 8.87. The van der Waals surface area contributed by atoms with Crippen LogP contribution in [0.3, 0.4) is 0 Å². The Morgan fingerprint density at radius 1 is 1.33 bits per heavy atom. The third-order valence-electron chi connectivity index (χ3n) is 2.33. The number of H-pyrrole nitrogens is 1. The van der Waals surface area contributed by atoms with Crippen molar-refractivity contribution in [3.63, 3.8) is 0 Å². The quantitative estimate of drug-likeness (QED) is 0.723. The predicted molar refractivity (Wildman–Crippen MR) is 59.8 cm³/mol. The molecule has 7 nitrogen and oxygen atoms in total. The van der Waals surface area contributed by atoms with Crippen LogP contribution in [0.2, 0.25) is 0 Å². The van der Waals surface area contributed by atoms with Crippen LogP contribution in [0.15, 0.2) is 35.2 Å². The first-order chi connectivity index (χ1) is 8.88. The fraction of sp³-hybridized carbons (Fsp3) is 0. The molecule has 0 unspecified atom stereocenters. The van der Waals surface area contributed by atoms with E-state index in [-0.39, 0.29) is 11.6 Å². The second-order valence-corrected chi connectivity index (χ2v) is 3.44. The molecule has 0 aliphatic rings. The number of nitrogens with one attached hydrogen (secondary N) is 1. The smallest absolute Gasteiger partial charge is 0.262 e. The van der Waals surface area contributed by atoms with Crippen molar-refractivity contribution in [2.75, 3.05) is 0 Å². The molecule has 3 aromatic rings. The fourth-order valence-corrected chi connectivity index (χ4v) is 1.48. The Hall–Kier alpha value is -3.01. The van der Waals surface area contributed by atoms with Gasteiger partial charge in [0.15, 0.2) is 0 Å². The predicted octanol–water partition coefficient (Wildman–Crippen LogP) is 1.39. The summed E-state index contributed by atoms with van der Waals surface area (Å²) in [4.78, 5) is 8.18. The second-order valence-electron chi connectivity index (χ2n) is 3.44. The molecule has 0 fully saturated rings. The molecule has 18 heavy (non-hydrogen) atoms. The first kappa shape index (κ1) is 10.2. The van der Waals surface area contributed by atoms with E-state index in [1.165, 1.54) is 6.20 Å². The molecule has 3 aromatic heterocycles. The van der Waals surface area contributed by atoms with Gasteiger partial charge in [0.2, 0.25) is 5.82 Å². The normalized spacial score (nSPS) is 10.2. The van der Waals surface area contributed by atoms with Gasteiger partial charge in [-0.1, -0.05) is 5.16 Å². The Kier molecular flexibility index (Phi) is 2.32. The number of aromatic nitrogens is 5. The molecule has 0 aliphatic carbocycles. The average molecular weight is 238 g/mol. The van der Waals surface area contributed by atoms with Gasteiger partial charge in [0.05, 0.1) is 11.8 Å². The van der Waals surface area contributed by atoms with Crippen molar-refractivity contribution in [3.8, 4) is 28.9 Å². The first-order valence-corrected chi connectivity index (χ1v) is 5.06. The van der Waals surface area contributed by atoms with Gasteiger partial charge in [-0.15, -0.1) is 0 Å². The zero-order chi connectivity index (χ0) is 12.4. The highest BCUT2D eigenvalue weighted by atomic mass is 16.5. The number of nitriles is 1. The molecule has 7 heteroatoms. The maximum Gasteiger partial charge on any atom is 0.262 e. The summed E-state index contributed by atoms with van der Waals surface area (Å²) < 4.78 is 5.11. The monoisotopic (exact) mass is 238 g/mol. The van der Waals surface area contributed by atoms with Gasteiger partial charge in [-0.2, -0.15) is 15.3 Å². The Labute approximate surface area is 101 Å². The van der Waals surface area contributed by atoms with Gasteiger partial charge in [-0.3, -0.25) is 10.1 Å². The lowest BCUT2D eigenvalue weighted by Gasteiger charge is -1.89. The van der Waals surface area contributed by atoms with E-state index >= 15 is 0 Å². The third kappa shape index (κ3) is 1.62. The van der Waals surface area contributed by atoms with Crippen molar-refractivity contribution in [3.05, 3.63) is 36.4 Å². The average Bonchev–Trinajstić information content (AvgIpc) is 3.08. The van der Waals surface area contributed by atoms with Gasteiger partial charge in [-0.05, 0) is 12.1 Å². The lowest BCUT2D eigenvalue weighted by molar-refractivity contribution is 0.432. The molecule has 0 saturated heterocycles. The van der Waals surface area contributed by atoms with E-state index in [0.29, 0.717) is 11.4 Å². The summed E-state index contributed by atoms with van der Waals surface area (Å²) in [6.45, 7) is 0. The van der Waals surface area contributed by atoms with Crippen LogP contribution < -0.4 is 0 Å². The van der Waals surface area contributed by atoms with Crippen LogP contribution in [0.1, 0.15) is 5.69 Å². The van der Waals surface area contributed by atoms with Gasteiger partial charge >= 0.3 is 0 Å². The van der Waals surface area contributed by atoms with E-state index in [2.05, 4.69) is 25.3 Å². The van der Waals surface area contributed by atoms with E-state index in [1.807, 2.05) is 12.1 Å². The standard InChI is InChI=1S/C11H6N6O/c12-4-9-8(6-14-16-9)11-15-10(17-18-11)7-2-1-3-13-5-7/h1-3,5-6H,(H,14,16). The molecule has 0 atom stereocenters. The summed E-state index contributed by atoms with van der Waals surface area (Å²) in [6.07, 6.45) is 4.77. The topological polar surface area (TPSA) is 104 Å². The summed E-state index contributed by atoms with van der Waals surface area (Å²) in [5.74, 6) is 0.669. The van der Waals surface area contributed by atoms with Crippen molar-refractivity contribution in [1.29, 1.82) is 5.26 Å². The van der Waals surface area contributed by atoms with E-state index < -0.39 is 0 Å². The fourth-order valence-electron chi connectivity index (χ4n) is 1.48. The number of aromatic amines is 1. The minimum Gasteiger partial charge on any atom is -0.333 e. The molecule has 0 aromatic carbocycles. The van der Waals surface area contributed by atoms with Crippen LogP contribution in [0.25, 0.3) is 22.8 Å². The molecular formula is C11H6N6O. The molecule has 0 radical (unpaired) electrons. The van der Waals surface area contributed by atoms with Gasteiger partial charge in [0.1, 0.15) is 11.8 Å². The molecule has 0 saturated carbocycles. The van der Waals surface area contributed by atoms with Crippen molar-refractivity contribution < 1.29 is 4.52 Å². The molecule has 1 N–H and O–H groups in total. The van der Waals surface area contributed by atoms with Gasteiger partial charge in [0, 0.05) is 18.0 Å². The van der Waals surface area contributed by atoms with Crippen LogP contribution in [0.5, 0.6) is 0 Å². The molecule has 3 rings (SSSR count). The Bertz CT molecular complexity index is 708. The summed E-state index contributed by atoms with van der Waals surface area (Å²) in [5, 5.41) is 19.0.